The highest BCUT2D eigenvalue weighted by molar-refractivity contribution is 9.10. The lowest BCUT2D eigenvalue weighted by Gasteiger charge is -2.31. The SMILES string of the molecule is CCCNC(c1sc(C)cc1Br)C(C(F)(F)F)C(F)(F)F. The Morgan fingerprint density at radius 1 is 1.19 bits per heavy atom. The molecule has 0 saturated heterocycles. The van der Waals surface area contributed by atoms with Crippen LogP contribution in [0.2, 0.25) is 0 Å². The number of rotatable bonds is 5. The van der Waals surface area contributed by atoms with Crippen molar-refractivity contribution in [2.45, 2.75) is 38.7 Å². The van der Waals surface area contributed by atoms with E-state index in [0.717, 1.165) is 11.3 Å². The Bertz CT molecular complexity index is 453. The van der Waals surface area contributed by atoms with Gasteiger partial charge in [0.25, 0.3) is 0 Å². The van der Waals surface area contributed by atoms with Crippen molar-refractivity contribution in [3.05, 3.63) is 20.3 Å². The van der Waals surface area contributed by atoms with Gasteiger partial charge in [0.05, 0.1) is 6.04 Å². The molecule has 0 spiro atoms. The number of hydrogen-bond acceptors (Lipinski definition) is 2. The lowest BCUT2D eigenvalue weighted by atomic mass is 9.96. The molecule has 0 aromatic carbocycles. The zero-order chi connectivity index (χ0) is 16.4. The zero-order valence-corrected chi connectivity index (χ0v) is 13.6. The molecule has 0 aliphatic carbocycles. The van der Waals surface area contributed by atoms with E-state index in [1.165, 1.54) is 6.07 Å². The zero-order valence-electron chi connectivity index (χ0n) is 11.2. The number of thiophene rings is 1. The Morgan fingerprint density at radius 3 is 2.05 bits per heavy atom. The third-order valence-corrected chi connectivity index (χ3v) is 4.82. The Labute approximate surface area is 130 Å². The summed E-state index contributed by atoms with van der Waals surface area (Å²) in [6.45, 7) is 3.37. The van der Waals surface area contributed by atoms with E-state index in [9.17, 15) is 26.3 Å². The number of nitrogens with one attached hydrogen (secondary N) is 1. The maximum absolute atomic E-state index is 12.9. The molecular formula is C12H14BrF6NS. The van der Waals surface area contributed by atoms with Gasteiger partial charge in [-0.1, -0.05) is 6.92 Å². The van der Waals surface area contributed by atoms with E-state index in [0.29, 0.717) is 11.3 Å². The second kappa shape index (κ2) is 6.87. The molecule has 21 heavy (non-hydrogen) atoms. The molecule has 0 bridgehead atoms. The second-order valence-electron chi connectivity index (χ2n) is 4.56. The Hall–Kier alpha value is -0.280. The average molecular weight is 398 g/mol. The van der Waals surface area contributed by atoms with Gasteiger partial charge in [0.15, 0.2) is 5.92 Å². The van der Waals surface area contributed by atoms with Gasteiger partial charge in [0.1, 0.15) is 0 Å². The first-order valence-corrected chi connectivity index (χ1v) is 7.72. The number of aryl methyl sites for hydroxylation is 1. The average Bonchev–Trinajstić information content (AvgIpc) is 2.59. The van der Waals surface area contributed by atoms with E-state index >= 15 is 0 Å². The molecule has 122 valence electrons. The smallest absolute Gasteiger partial charge is 0.308 e. The molecule has 1 heterocycles. The minimum atomic E-state index is -5.37. The molecule has 1 aromatic rings. The first-order chi connectivity index (χ1) is 9.48. The first-order valence-electron chi connectivity index (χ1n) is 6.11. The van der Waals surface area contributed by atoms with E-state index in [1.54, 1.807) is 13.8 Å². The molecule has 1 rings (SSSR count). The maximum Gasteiger partial charge on any atom is 0.402 e. The lowest BCUT2D eigenvalue weighted by molar-refractivity contribution is -0.292. The molecule has 1 nitrogen and oxygen atoms in total. The van der Waals surface area contributed by atoms with Crippen molar-refractivity contribution in [3.8, 4) is 0 Å². The molecule has 9 heteroatoms. The van der Waals surface area contributed by atoms with Crippen molar-refractivity contribution in [1.29, 1.82) is 0 Å². The highest BCUT2D eigenvalue weighted by atomic mass is 79.9. The molecule has 0 radical (unpaired) electrons. The van der Waals surface area contributed by atoms with Crippen molar-refractivity contribution in [2.75, 3.05) is 6.54 Å². The second-order valence-corrected chi connectivity index (χ2v) is 6.70. The lowest BCUT2D eigenvalue weighted by Crippen LogP contribution is -2.45. The standard InChI is InChI=1S/C12H14BrF6NS/c1-3-4-20-8(9-7(13)5-6(2)21-9)10(11(14,15)16)12(17,18)19/h5,8,10,20H,3-4H2,1-2H3. The van der Waals surface area contributed by atoms with Crippen molar-refractivity contribution in [2.24, 2.45) is 5.92 Å². The summed E-state index contributed by atoms with van der Waals surface area (Å²) < 4.78 is 77.9. The van der Waals surface area contributed by atoms with Gasteiger partial charge >= 0.3 is 12.4 Å². The van der Waals surface area contributed by atoms with E-state index in [-0.39, 0.29) is 15.9 Å². The van der Waals surface area contributed by atoms with Gasteiger partial charge in [-0.2, -0.15) is 26.3 Å². The summed E-state index contributed by atoms with van der Waals surface area (Å²) >= 11 is 3.97. The largest absolute Gasteiger partial charge is 0.402 e. The van der Waals surface area contributed by atoms with Crippen LogP contribution in [0, 0.1) is 12.8 Å². The fourth-order valence-electron chi connectivity index (χ4n) is 1.94. The predicted molar refractivity (Wildman–Crippen MR) is 73.4 cm³/mol. The van der Waals surface area contributed by atoms with Crippen LogP contribution < -0.4 is 5.32 Å². The summed E-state index contributed by atoms with van der Waals surface area (Å²) in [6, 6.07) is -0.331. The molecule has 1 aromatic heterocycles. The molecular weight excluding hydrogens is 384 g/mol. The summed E-state index contributed by atoms with van der Waals surface area (Å²) in [5.41, 5.74) is 0. The molecule has 1 atom stereocenters. The van der Waals surface area contributed by atoms with Crippen LogP contribution in [0.3, 0.4) is 0 Å². The third-order valence-electron chi connectivity index (χ3n) is 2.77. The predicted octanol–water partition coefficient (Wildman–Crippen LogP) is 5.60. The highest BCUT2D eigenvalue weighted by Gasteiger charge is 2.60. The molecule has 1 N–H and O–H groups in total. The van der Waals surface area contributed by atoms with Gasteiger partial charge in [-0.3, -0.25) is 0 Å². The van der Waals surface area contributed by atoms with Crippen molar-refractivity contribution in [1.82, 2.24) is 5.32 Å². The van der Waals surface area contributed by atoms with Crippen LogP contribution in [0.15, 0.2) is 10.5 Å². The van der Waals surface area contributed by atoms with E-state index in [2.05, 4.69) is 21.2 Å². The van der Waals surface area contributed by atoms with Crippen LogP contribution in [0.25, 0.3) is 0 Å². The van der Waals surface area contributed by atoms with Gasteiger partial charge in [-0.15, -0.1) is 11.3 Å². The Morgan fingerprint density at radius 2 is 1.71 bits per heavy atom. The van der Waals surface area contributed by atoms with Gasteiger partial charge in [-0.05, 0) is 41.9 Å². The van der Waals surface area contributed by atoms with Crippen LogP contribution in [0.5, 0.6) is 0 Å². The molecule has 0 amide bonds. The van der Waals surface area contributed by atoms with Crippen LogP contribution in [0.4, 0.5) is 26.3 Å². The normalized spacial score (nSPS) is 14.8. The summed E-state index contributed by atoms with van der Waals surface area (Å²) in [7, 11) is 0. The quantitative estimate of drug-likeness (QED) is 0.637. The molecule has 0 fully saturated rings. The number of halogens is 7. The monoisotopic (exact) mass is 397 g/mol. The summed E-state index contributed by atoms with van der Waals surface area (Å²) in [4.78, 5) is 0.656. The molecule has 1 unspecified atom stereocenters. The first kappa shape index (κ1) is 18.8. The van der Waals surface area contributed by atoms with E-state index in [1.807, 2.05) is 0 Å². The minimum Gasteiger partial charge on any atom is -0.308 e. The van der Waals surface area contributed by atoms with Crippen LogP contribution in [-0.2, 0) is 0 Å². The number of alkyl halides is 6. The maximum atomic E-state index is 12.9. The third kappa shape index (κ3) is 4.85. The van der Waals surface area contributed by atoms with Crippen molar-refractivity contribution in [3.63, 3.8) is 0 Å². The fraction of sp³-hybridized carbons (Fsp3) is 0.667. The summed E-state index contributed by atoms with van der Waals surface area (Å²) in [5, 5.41) is 2.39. The van der Waals surface area contributed by atoms with Gasteiger partial charge in [-0.25, -0.2) is 0 Å². The summed E-state index contributed by atoms with van der Waals surface area (Å²) in [5.74, 6) is -3.44. The Kier molecular flexibility index (Phi) is 6.14. The molecule has 0 saturated carbocycles. The van der Waals surface area contributed by atoms with Crippen LogP contribution >= 0.6 is 27.3 Å². The van der Waals surface area contributed by atoms with E-state index in [4.69, 9.17) is 0 Å². The molecule has 0 aliphatic rings. The highest BCUT2D eigenvalue weighted by Crippen LogP contribution is 2.49. The topological polar surface area (TPSA) is 12.0 Å². The number of hydrogen-bond donors (Lipinski definition) is 1. The van der Waals surface area contributed by atoms with Gasteiger partial charge in [0, 0.05) is 14.2 Å². The Balaban J connectivity index is 3.30. The molecule has 0 aliphatic heterocycles. The van der Waals surface area contributed by atoms with Gasteiger partial charge < -0.3 is 5.32 Å². The van der Waals surface area contributed by atoms with Gasteiger partial charge in [0.2, 0.25) is 0 Å². The van der Waals surface area contributed by atoms with E-state index < -0.39 is 24.3 Å². The van der Waals surface area contributed by atoms with Crippen LogP contribution in [0.1, 0.15) is 29.1 Å². The minimum absolute atomic E-state index is 0.0144. The van der Waals surface area contributed by atoms with Crippen molar-refractivity contribution < 1.29 is 26.3 Å². The summed E-state index contributed by atoms with van der Waals surface area (Å²) in [6.07, 6.45) is -10.3. The van der Waals surface area contributed by atoms with Crippen LogP contribution in [-0.4, -0.2) is 18.9 Å². The van der Waals surface area contributed by atoms with Crippen molar-refractivity contribution >= 4 is 27.3 Å². The fourth-order valence-corrected chi connectivity index (χ4v) is 3.95.